The van der Waals surface area contributed by atoms with Crippen molar-refractivity contribution in [2.24, 2.45) is 5.92 Å². The molecule has 0 bridgehead atoms. The molecule has 4 heteroatoms. The Morgan fingerprint density at radius 3 is 2.94 bits per heavy atom. The number of likely N-dealkylation sites (tertiary alicyclic amines) is 1. The average molecular weight is 312 g/mol. The van der Waals surface area contributed by atoms with Gasteiger partial charge in [-0.1, -0.05) is 28.1 Å². The monoisotopic (exact) mass is 311 g/mol. The van der Waals surface area contributed by atoms with Gasteiger partial charge in [-0.05, 0) is 30.5 Å². The lowest BCUT2D eigenvalue weighted by Crippen LogP contribution is -2.28. The first-order valence-corrected chi connectivity index (χ1v) is 7.27. The van der Waals surface area contributed by atoms with Crippen LogP contribution in [0.3, 0.4) is 0 Å². The standard InChI is InChI=1S/C14H18BrNO2/c1-10(12-4-3-5-13(7-12)18-2)16-9-11(8-15)6-14(16)17/h3-5,7,10-11H,6,8-9H2,1-2H3. The molecule has 0 radical (unpaired) electrons. The van der Waals surface area contributed by atoms with Crippen molar-refractivity contribution in [3.05, 3.63) is 29.8 Å². The number of methoxy groups -OCH3 is 1. The van der Waals surface area contributed by atoms with Gasteiger partial charge in [-0.15, -0.1) is 0 Å². The predicted molar refractivity (Wildman–Crippen MR) is 75.0 cm³/mol. The van der Waals surface area contributed by atoms with Gasteiger partial charge in [0.25, 0.3) is 0 Å². The lowest BCUT2D eigenvalue weighted by atomic mass is 10.1. The van der Waals surface area contributed by atoms with Gasteiger partial charge >= 0.3 is 0 Å². The normalized spacial score (nSPS) is 21.2. The van der Waals surface area contributed by atoms with Gasteiger partial charge in [-0.25, -0.2) is 0 Å². The summed E-state index contributed by atoms with van der Waals surface area (Å²) in [7, 11) is 1.66. The molecule has 98 valence electrons. The number of ether oxygens (including phenoxy) is 1. The van der Waals surface area contributed by atoms with Crippen LogP contribution in [0.15, 0.2) is 24.3 Å². The largest absolute Gasteiger partial charge is 0.497 e. The highest BCUT2D eigenvalue weighted by Gasteiger charge is 2.32. The minimum absolute atomic E-state index is 0.108. The zero-order chi connectivity index (χ0) is 13.1. The summed E-state index contributed by atoms with van der Waals surface area (Å²) in [5.74, 6) is 1.52. The number of halogens is 1. The van der Waals surface area contributed by atoms with Gasteiger partial charge in [0.05, 0.1) is 13.2 Å². The van der Waals surface area contributed by atoms with Gasteiger partial charge in [-0.3, -0.25) is 4.79 Å². The van der Waals surface area contributed by atoms with Crippen molar-refractivity contribution in [3.63, 3.8) is 0 Å². The molecule has 2 rings (SSSR count). The van der Waals surface area contributed by atoms with Crippen LogP contribution < -0.4 is 4.74 Å². The highest BCUT2D eigenvalue weighted by atomic mass is 79.9. The van der Waals surface area contributed by atoms with E-state index in [0.29, 0.717) is 12.3 Å². The number of amides is 1. The first-order chi connectivity index (χ1) is 8.65. The minimum Gasteiger partial charge on any atom is -0.497 e. The summed E-state index contributed by atoms with van der Waals surface area (Å²) in [5, 5.41) is 0.889. The molecule has 0 aliphatic carbocycles. The van der Waals surface area contributed by atoms with E-state index in [1.165, 1.54) is 0 Å². The molecule has 3 nitrogen and oxygen atoms in total. The minimum atomic E-state index is 0.108. The molecule has 0 aromatic heterocycles. The Bertz CT molecular complexity index is 436. The summed E-state index contributed by atoms with van der Waals surface area (Å²) in [6.07, 6.45) is 0.652. The van der Waals surface area contributed by atoms with Crippen LogP contribution in [0.5, 0.6) is 5.75 Å². The van der Waals surface area contributed by atoms with E-state index in [2.05, 4.69) is 22.9 Å². The van der Waals surface area contributed by atoms with E-state index in [0.717, 1.165) is 23.2 Å². The lowest BCUT2D eigenvalue weighted by Gasteiger charge is -2.25. The van der Waals surface area contributed by atoms with Gasteiger partial charge in [0.15, 0.2) is 0 Å². The van der Waals surface area contributed by atoms with Crippen molar-refractivity contribution in [3.8, 4) is 5.75 Å². The molecular weight excluding hydrogens is 294 g/mol. The Labute approximate surface area is 116 Å². The average Bonchev–Trinajstić information content (AvgIpc) is 2.79. The number of carbonyl (C=O) groups excluding carboxylic acids is 1. The Balaban J connectivity index is 2.15. The van der Waals surface area contributed by atoms with Crippen LogP contribution in [0.25, 0.3) is 0 Å². The smallest absolute Gasteiger partial charge is 0.223 e. The van der Waals surface area contributed by atoms with Gasteiger partial charge in [0.2, 0.25) is 5.91 Å². The SMILES string of the molecule is COc1cccc(C(C)N2CC(CBr)CC2=O)c1. The second-order valence-corrected chi connectivity index (χ2v) is 5.37. The van der Waals surface area contributed by atoms with Gasteiger partial charge in [-0.2, -0.15) is 0 Å². The summed E-state index contributed by atoms with van der Waals surface area (Å²) in [4.78, 5) is 13.9. The Hall–Kier alpha value is -1.03. The summed E-state index contributed by atoms with van der Waals surface area (Å²) in [6, 6.07) is 8.04. The maximum Gasteiger partial charge on any atom is 0.223 e. The highest BCUT2D eigenvalue weighted by Crippen LogP contribution is 2.30. The third-order valence-electron chi connectivity index (χ3n) is 3.50. The maximum atomic E-state index is 12.0. The molecule has 0 spiro atoms. The molecular formula is C14H18BrNO2. The lowest BCUT2D eigenvalue weighted by molar-refractivity contribution is -0.129. The number of hydrogen-bond acceptors (Lipinski definition) is 2. The van der Waals surface area contributed by atoms with Crippen LogP contribution in [0.1, 0.15) is 24.9 Å². The van der Waals surface area contributed by atoms with Crippen LogP contribution in [0.2, 0.25) is 0 Å². The summed E-state index contributed by atoms with van der Waals surface area (Å²) >= 11 is 3.46. The molecule has 1 fully saturated rings. The highest BCUT2D eigenvalue weighted by molar-refractivity contribution is 9.09. The Morgan fingerprint density at radius 2 is 2.33 bits per heavy atom. The first-order valence-electron chi connectivity index (χ1n) is 6.15. The van der Waals surface area contributed by atoms with Crippen molar-refractivity contribution < 1.29 is 9.53 Å². The molecule has 2 unspecified atom stereocenters. The molecule has 1 aromatic carbocycles. The van der Waals surface area contributed by atoms with E-state index >= 15 is 0 Å². The van der Waals surface area contributed by atoms with Crippen LogP contribution in [-0.2, 0) is 4.79 Å². The van der Waals surface area contributed by atoms with Gasteiger partial charge in [0, 0.05) is 18.3 Å². The number of rotatable bonds is 4. The van der Waals surface area contributed by atoms with Crippen molar-refractivity contribution in [1.82, 2.24) is 4.90 Å². The quantitative estimate of drug-likeness (QED) is 0.800. The maximum absolute atomic E-state index is 12.0. The first kappa shape index (κ1) is 13.4. The summed E-state index contributed by atoms with van der Waals surface area (Å²) < 4.78 is 5.23. The van der Waals surface area contributed by atoms with E-state index in [1.54, 1.807) is 7.11 Å². The van der Waals surface area contributed by atoms with Crippen molar-refractivity contribution >= 4 is 21.8 Å². The fourth-order valence-corrected chi connectivity index (χ4v) is 2.80. The number of carbonyl (C=O) groups is 1. The summed E-state index contributed by atoms with van der Waals surface area (Å²) in [5.41, 5.74) is 1.12. The van der Waals surface area contributed by atoms with Gasteiger partial charge < -0.3 is 9.64 Å². The molecule has 1 amide bonds. The van der Waals surface area contributed by atoms with Crippen molar-refractivity contribution in [1.29, 1.82) is 0 Å². The zero-order valence-corrected chi connectivity index (χ0v) is 12.3. The van der Waals surface area contributed by atoms with Crippen LogP contribution in [-0.4, -0.2) is 29.8 Å². The Kier molecular flexibility index (Phi) is 4.27. The molecule has 2 atom stereocenters. The second-order valence-electron chi connectivity index (χ2n) is 4.72. The number of hydrogen-bond donors (Lipinski definition) is 0. The molecule has 1 aromatic rings. The summed E-state index contributed by atoms with van der Waals surface area (Å²) in [6.45, 7) is 2.91. The molecule has 1 aliphatic rings. The number of nitrogens with zero attached hydrogens (tertiary/aromatic N) is 1. The van der Waals surface area contributed by atoms with E-state index in [-0.39, 0.29) is 11.9 Å². The predicted octanol–water partition coefficient (Wildman–Crippen LogP) is 3.00. The number of alkyl halides is 1. The van der Waals surface area contributed by atoms with E-state index < -0.39 is 0 Å². The molecule has 1 saturated heterocycles. The molecule has 1 aliphatic heterocycles. The molecule has 0 N–H and O–H groups in total. The van der Waals surface area contributed by atoms with Crippen LogP contribution in [0, 0.1) is 5.92 Å². The second kappa shape index (κ2) is 5.74. The van der Waals surface area contributed by atoms with Crippen LogP contribution >= 0.6 is 15.9 Å². The fourth-order valence-electron chi connectivity index (χ4n) is 2.37. The molecule has 0 saturated carbocycles. The van der Waals surface area contributed by atoms with E-state index in [1.807, 2.05) is 29.2 Å². The van der Waals surface area contributed by atoms with Crippen molar-refractivity contribution in [2.45, 2.75) is 19.4 Å². The molecule has 1 heterocycles. The zero-order valence-electron chi connectivity index (χ0n) is 10.7. The van der Waals surface area contributed by atoms with E-state index in [4.69, 9.17) is 4.74 Å². The molecule has 18 heavy (non-hydrogen) atoms. The third-order valence-corrected chi connectivity index (χ3v) is 4.42. The topological polar surface area (TPSA) is 29.5 Å². The van der Waals surface area contributed by atoms with Crippen molar-refractivity contribution in [2.75, 3.05) is 19.0 Å². The fraction of sp³-hybridized carbons (Fsp3) is 0.500. The third kappa shape index (κ3) is 2.69. The van der Waals surface area contributed by atoms with Gasteiger partial charge in [0.1, 0.15) is 5.75 Å². The Morgan fingerprint density at radius 1 is 1.56 bits per heavy atom. The van der Waals surface area contributed by atoms with Crippen LogP contribution in [0.4, 0.5) is 0 Å². The van der Waals surface area contributed by atoms with E-state index in [9.17, 15) is 4.79 Å². The number of benzene rings is 1.